The van der Waals surface area contributed by atoms with Crippen LogP contribution in [0.2, 0.25) is 0 Å². The van der Waals surface area contributed by atoms with Crippen LogP contribution in [0, 0.1) is 6.92 Å². The van der Waals surface area contributed by atoms with Gasteiger partial charge in [0.2, 0.25) is 0 Å². The number of nitrogens with zero attached hydrogens (tertiary/aromatic N) is 2. The maximum Gasteiger partial charge on any atom is 0.340 e. The molecule has 0 radical (unpaired) electrons. The van der Waals surface area contributed by atoms with Crippen LogP contribution in [0.15, 0.2) is 54.9 Å². The number of aryl methyl sites for hydroxylation is 1. The summed E-state index contributed by atoms with van der Waals surface area (Å²) in [6.45, 7) is 1.48. The van der Waals surface area contributed by atoms with Crippen LogP contribution in [0.1, 0.15) is 16.1 Å². The maximum atomic E-state index is 12.1. The van der Waals surface area contributed by atoms with Gasteiger partial charge in [-0.05, 0) is 31.2 Å². The zero-order chi connectivity index (χ0) is 16.9. The summed E-state index contributed by atoms with van der Waals surface area (Å²) >= 11 is 0. The second-order valence-corrected chi connectivity index (χ2v) is 5.19. The van der Waals surface area contributed by atoms with Gasteiger partial charge >= 0.3 is 5.97 Å². The van der Waals surface area contributed by atoms with E-state index in [1.54, 1.807) is 24.4 Å². The molecule has 0 saturated carbocycles. The first kappa shape index (κ1) is 15.6. The van der Waals surface area contributed by atoms with Crippen LogP contribution in [0.5, 0.6) is 0 Å². The van der Waals surface area contributed by atoms with Crippen molar-refractivity contribution < 1.29 is 14.3 Å². The molecule has 1 aromatic carbocycles. The van der Waals surface area contributed by atoms with Crippen LogP contribution >= 0.6 is 0 Å². The van der Waals surface area contributed by atoms with Gasteiger partial charge in [0, 0.05) is 23.5 Å². The van der Waals surface area contributed by atoms with E-state index in [1.807, 2.05) is 31.2 Å². The number of nitrogens with one attached hydrogen (secondary N) is 1. The molecule has 0 aliphatic heterocycles. The minimum atomic E-state index is -0.589. The molecule has 2 heterocycles. The molecule has 24 heavy (non-hydrogen) atoms. The first-order valence-electron chi connectivity index (χ1n) is 7.37. The number of ether oxygens (including phenoxy) is 1. The third kappa shape index (κ3) is 3.55. The highest BCUT2D eigenvalue weighted by atomic mass is 16.5. The molecule has 0 saturated heterocycles. The van der Waals surface area contributed by atoms with E-state index in [2.05, 4.69) is 15.3 Å². The lowest BCUT2D eigenvalue weighted by molar-refractivity contribution is -0.119. The third-order valence-corrected chi connectivity index (χ3v) is 3.35. The van der Waals surface area contributed by atoms with Gasteiger partial charge in [-0.2, -0.15) is 0 Å². The summed E-state index contributed by atoms with van der Waals surface area (Å²) in [5.41, 5.74) is 2.52. The molecule has 0 spiro atoms. The van der Waals surface area contributed by atoms with Gasteiger partial charge in [0.25, 0.3) is 5.91 Å². The fraction of sp³-hybridized carbons (Fsp3) is 0.111. The average molecular weight is 321 g/mol. The molecular weight excluding hydrogens is 306 g/mol. The summed E-state index contributed by atoms with van der Waals surface area (Å²) < 4.78 is 5.00. The van der Waals surface area contributed by atoms with Crippen molar-refractivity contribution in [2.45, 2.75) is 6.92 Å². The van der Waals surface area contributed by atoms with E-state index in [9.17, 15) is 9.59 Å². The zero-order valence-corrected chi connectivity index (χ0v) is 13.0. The van der Waals surface area contributed by atoms with Crippen LogP contribution in [0.25, 0.3) is 10.9 Å². The number of carbonyl (C=O) groups excluding carboxylic acids is 2. The number of benzene rings is 1. The van der Waals surface area contributed by atoms with Gasteiger partial charge in [-0.15, -0.1) is 0 Å². The predicted molar refractivity (Wildman–Crippen MR) is 89.6 cm³/mol. The van der Waals surface area contributed by atoms with Gasteiger partial charge in [0.1, 0.15) is 0 Å². The van der Waals surface area contributed by atoms with Crippen molar-refractivity contribution in [3.63, 3.8) is 0 Å². The predicted octanol–water partition coefficient (Wildman–Crippen LogP) is 2.73. The Morgan fingerprint density at radius 3 is 2.79 bits per heavy atom. The van der Waals surface area contributed by atoms with Gasteiger partial charge in [-0.3, -0.25) is 14.8 Å². The number of rotatable bonds is 4. The van der Waals surface area contributed by atoms with Gasteiger partial charge in [0.05, 0.1) is 16.8 Å². The van der Waals surface area contributed by atoms with Gasteiger partial charge in [0.15, 0.2) is 6.61 Å². The van der Waals surface area contributed by atoms with Crippen molar-refractivity contribution in [3.05, 3.63) is 66.1 Å². The number of para-hydroxylation sites is 1. The summed E-state index contributed by atoms with van der Waals surface area (Å²) in [4.78, 5) is 32.1. The fourth-order valence-electron chi connectivity index (χ4n) is 2.30. The topological polar surface area (TPSA) is 81.2 Å². The van der Waals surface area contributed by atoms with E-state index in [-0.39, 0.29) is 6.61 Å². The minimum Gasteiger partial charge on any atom is -0.452 e. The van der Waals surface area contributed by atoms with Crippen molar-refractivity contribution >= 4 is 28.5 Å². The number of aromatic nitrogens is 2. The Morgan fingerprint density at radius 2 is 2.00 bits per heavy atom. The van der Waals surface area contributed by atoms with E-state index in [0.29, 0.717) is 11.3 Å². The van der Waals surface area contributed by atoms with E-state index in [0.717, 1.165) is 16.6 Å². The largest absolute Gasteiger partial charge is 0.452 e. The lowest BCUT2D eigenvalue weighted by Crippen LogP contribution is -2.21. The number of anilines is 1. The quantitative estimate of drug-likeness (QED) is 0.747. The summed E-state index contributed by atoms with van der Waals surface area (Å²) in [5, 5.41) is 3.59. The summed E-state index contributed by atoms with van der Waals surface area (Å²) in [7, 11) is 0. The van der Waals surface area contributed by atoms with Crippen molar-refractivity contribution in [2.75, 3.05) is 11.9 Å². The molecule has 0 atom stereocenters. The van der Waals surface area contributed by atoms with Crippen molar-refractivity contribution in [1.29, 1.82) is 0 Å². The lowest BCUT2D eigenvalue weighted by atomic mass is 10.1. The second-order valence-electron chi connectivity index (χ2n) is 5.19. The minimum absolute atomic E-state index is 0.301. The lowest BCUT2D eigenvalue weighted by Gasteiger charge is -2.10. The maximum absolute atomic E-state index is 12.1. The molecule has 0 fully saturated rings. The third-order valence-electron chi connectivity index (χ3n) is 3.35. The van der Waals surface area contributed by atoms with Crippen LogP contribution in [0.4, 0.5) is 5.69 Å². The Balaban J connectivity index is 1.68. The fourth-order valence-corrected chi connectivity index (χ4v) is 2.30. The van der Waals surface area contributed by atoms with Crippen LogP contribution in [-0.4, -0.2) is 28.5 Å². The second kappa shape index (κ2) is 6.87. The van der Waals surface area contributed by atoms with E-state index < -0.39 is 11.9 Å². The van der Waals surface area contributed by atoms with E-state index >= 15 is 0 Å². The standard InChI is InChI=1S/C18H15N3O3/c1-12-9-16(14-6-2-3-7-15(14)20-12)21-17(22)11-24-18(23)13-5-4-8-19-10-13/h2-10H,11H2,1H3,(H,20,21,22). The number of fused-ring (bicyclic) bond motifs is 1. The molecule has 1 N–H and O–H groups in total. The molecule has 0 aliphatic rings. The Labute approximate surface area is 138 Å². The van der Waals surface area contributed by atoms with Crippen LogP contribution < -0.4 is 5.32 Å². The van der Waals surface area contributed by atoms with Crippen molar-refractivity contribution in [1.82, 2.24) is 9.97 Å². The average Bonchev–Trinajstić information content (AvgIpc) is 2.60. The molecule has 3 rings (SSSR count). The van der Waals surface area contributed by atoms with Crippen LogP contribution in [-0.2, 0) is 9.53 Å². The Bertz CT molecular complexity index is 894. The molecule has 3 aromatic rings. The number of hydrogen-bond donors (Lipinski definition) is 1. The van der Waals surface area contributed by atoms with E-state index in [4.69, 9.17) is 4.74 Å². The SMILES string of the molecule is Cc1cc(NC(=O)COC(=O)c2cccnc2)c2ccccc2n1. The summed E-state index contributed by atoms with van der Waals surface area (Å²) in [6.07, 6.45) is 2.94. The molecule has 2 aromatic heterocycles. The summed E-state index contributed by atoms with van der Waals surface area (Å²) in [5.74, 6) is -1.00. The molecule has 6 nitrogen and oxygen atoms in total. The highest BCUT2D eigenvalue weighted by molar-refractivity contribution is 6.02. The van der Waals surface area contributed by atoms with Crippen molar-refractivity contribution in [3.8, 4) is 0 Å². The number of hydrogen-bond acceptors (Lipinski definition) is 5. The monoisotopic (exact) mass is 321 g/mol. The molecule has 0 aliphatic carbocycles. The van der Waals surface area contributed by atoms with Crippen LogP contribution in [0.3, 0.4) is 0 Å². The summed E-state index contributed by atoms with van der Waals surface area (Å²) in [6, 6.07) is 12.5. The Morgan fingerprint density at radius 1 is 1.17 bits per heavy atom. The number of amides is 1. The highest BCUT2D eigenvalue weighted by Crippen LogP contribution is 2.22. The van der Waals surface area contributed by atoms with Gasteiger partial charge in [-0.1, -0.05) is 18.2 Å². The van der Waals surface area contributed by atoms with Gasteiger partial charge in [-0.25, -0.2) is 4.79 Å². The van der Waals surface area contributed by atoms with E-state index in [1.165, 1.54) is 6.20 Å². The molecular formula is C18H15N3O3. The first-order chi connectivity index (χ1) is 11.6. The van der Waals surface area contributed by atoms with Crippen molar-refractivity contribution in [2.24, 2.45) is 0 Å². The smallest absolute Gasteiger partial charge is 0.340 e. The molecule has 6 heteroatoms. The molecule has 0 unspecified atom stereocenters. The number of carbonyl (C=O) groups is 2. The Hall–Kier alpha value is -3.28. The zero-order valence-electron chi connectivity index (χ0n) is 13.0. The highest BCUT2D eigenvalue weighted by Gasteiger charge is 2.12. The molecule has 0 bridgehead atoms. The van der Waals surface area contributed by atoms with Gasteiger partial charge < -0.3 is 10.1 Å². The molecule has 1 amide bonds. The number of pyridine rings is 2. The molecule has 120 valence electrons. The first-order valence-corrected chi connectivity index (χ1v) is 7.37. The number of esters is 1. The normalized spacial score (nSPS) is 10.4. The Kier molecular flexibility index (Phi) is 4.47.